The molecule has 5 nitrogen and oxygen atoms in total. The van der Waals surface area contributed by atoms with Gasteiger partial charge in [0.1, 0.15) is 5.25 Å². The van der Waals surface area contributed by atoms with Crippen molar-refractivity contribution < 1.29 is 76.0 Å². The Labute approximate surface area is 103 Å². The second-order valence-corrected chi connectivity index (χ2v) is 3.20. The molecular weight excluding hydrogens is 187 g/mol. The van der Waals surface area contributed by atoms with Crippen molar-refractivity contribution in [2.75, 3.05) is 13.2 Å². The summed E-state index contributed by atoms with van der Waals surface area (Å²) in [6.45, 7) is -1.54. The summed E-state index contributed by atoms with van der Waals surface area (Å²) in [5.41, 5.74) is 0. The molecule has 0 rings (SSSR count). The SMILES string of the molecule is O=S(=O)(O)C(CO)CO.[H-].[K+]. The standard InChI is InChI=1S/C3H8O5S.K.H/c4-1-3(2-5)9(6,7)8;;/h3-5H,1-2H2,(H,6,7,8);;/q;+1;-1. The van der Waals surface area contributed by atoms with E-state index < -0.39 is 28.6 Å². The third-order valence-electron chi connectivity index (χ3n) is 0.829. The summed E-state index contributed by atoms with van der Waals surface area (Å²) in [6.07, 6.45) is 0. The van der Waals surface area contributed by atoms with Crippen molar-refractivity contribution in [2.45, 2.75) is 5.25 Å². The maximum absolute atomic E-state index is 10.0. The largest absolute Gasteiger partial charge is 1.00 e. The van der Waals surface area contributed by atoms with Crippen LogP contribution in [-0.4, -0.2) is 41.6 Å². The first-order valence-electron chi connectivity index (χ1n) is 2.20. The quantitative estimate of drug-likeness (QED) is 0.312. The summed E-state index contributed by atoms with van der Waals surface area (Å²) in [7, 11) is -4.27. The summed E-state index contributed by atoms with van der Waals surface area (Å²) in [5, 5.41) is 14.9. The van der Waals surface area contributed by atoms with Crippen LogP contribution in [0.4, 0.5) is 0 Å². The van der Waals surface area contributed by atoms with Crippen LogP contribution in [0, 0.1) is 0 Å². The fourth-order valence-corrected chi connectivity index (χ4v) is 0.623. The zero-order chi connectivity index (χ0) is 7.49. The molecule has 0 aromatic heterocycles. The molecule has 3 N–H and O–H groups in total. The Morgan fingerprint density at radius 3 is 1.60 bits per heavy atom. The molecule has 0 bridgehead atoms. The molecule has 0 aliphatic heterocycles. The van der Waals surface area contributed by atoms with Gasteiger partial charge in [-0.3, -0.25) is 4.55 Å². The van der Waals surface area contributed by atoms with Crippen molar-refractivity contribution in [3.63, 3.8) is 0 Å². The van der Waals surface area contributed by atoms with Crippen LogP contribution in [0.2, 0.25) is 0 Å². The van der Waals surface area contributed by atoms with Crippen LogP contribution in [0.5, 0.6) is 0 Å². The molecule has 0 aromatic carbocycles. The van der Waals surface area contributed by atoms with E-state index in [1.165, 1.54) is 0 Å². The number of rotatable bonds is 3. The van der Waals surface area contributed by atoms with E-state index in [1.54, 1.807) is 0 Å². The third-order valence-corrected chi connectivity index (χ3v) is 1.97. The van der Waals surface area contributed by atoms with Gasteiger partial charge in [-0.1, -0.05) is 0 Å². The van der Waals surface area contributed by atoms with Gasteiger partial charge in [-0.05, 0) is 0 Å². The van der Waals surface area contributed by atoms with E-state index in [4.69, 9.17) is 14.8 Å². The average molecular weight is 196 g/mol. The van der Waals surface area contributed by atoms with Gasteiger partial charge in [0.15, 0.2) is 0 Å². The topological polar surface area (TPSA) is 94.8 Å². The van der Waals surface area contributed by atoms with Gasteiger partial charge in [-0.25, -0.2) is 0 Å². The first-order chi connectivity index (χ1) is 4.02. The van der Waals surface area contributed by atoms with Crippen molar-refractivity contribution in [2.24, 2.45) is 0 Å². The van der Waals surface area contributed by atoms with E-state index in [2.05, 4.69) is 0 Å². The molecule has 0 spiro atoms. The molecular formula is C3H9KO5S. The Kier molecular flexibility index (Phi) is 8.46. The van der Waals surface area contributed by atoms with E-state index in [1.807, 2.05) is 0 Å². The van der Waals surface area contributed by atoms with Crippen LogP contribution in [0.15, 0.2) is 0 Å². The van der Waals surface area contributed by atoms with E-state index >= 15 is 0 Å². The molecule has 0 saturated carbocycles. The second kappa shape index (κ2) is 6.04. The smallest absolute Gasteiger partial charge is 1.00 e. The summed E-state index contributed by atoms with van der Waals surface area (Å²) in [4.78, 5) is 0. The van der Waals surface area contributed by atoms with Gasteiger partial charge in [-0.2, -0.15) is 8.42 Å². The van der Waals surface area contributed by atoms with Gasteiger partial charge >= 0.3 is 51.4 Å². The van der Waals surface area contributed by atoms with Gasteiger partial charge < -0.3 is 11.6 Å². The molecule has 0 atom stereocenters. The number of aliphatic hydroxyl groups excluding tert-OH is 2. The van der Waals surface area contributed by atoms with Crippen LogP contribution in [0.1, 0.15) is 1.43 Å². The zero-order valence-corrected chi connectivity index (χ0v) is 9.50. The Balaban J connectivity index is -0.000000320. The van der Waals surface area contributed by atoms with E-state index in [9.17, 15) is 8.42 Å². The second-order valence-electron chi connectivity index (χ2n) is 1.50. The minimum absolute atomic E-state index is 0. The Morgan fingerprint density at radius 2 is 1.60 bits per heavy atom. The molecule has 0 aromatic rings. The first kappa shape index (κ1) is 14.0. The van der Waals surface area contributed by atoms with Crippen LogP contribution in [-0.2, 0) is 10.1 Å². The molecule has 7 heteroatoms. The van der Waals surface area contributed by atoms with Crippen LogP contribution < -0.4 is 51.4 Å². The normalized spacial score (nSPS) is 11.2. The predicted molar refractivity (Wildman–Crippen MR) is 30.6 cm³/mol. The summed E-state index contributed by atoms with van der Waals surface area (Å²) < 4.78 is 28.2. The third kappa shape index (κ3) is 5.16. The number of hydrogen-bond donors (Lipinski definition) is 3. The number of aliphatic hydroxyl groups is 2. The van der Waals surface area contributed by atoms with Crippen molar-refractivity contribution in [3.8, 4) is 0 Å². The van der Waals surface area contributed by atoms with Crippen molar-refractivity contribution >= 4 is 10.1 Å². The molecule has 0 radical (unpaired) electrons. The Hall–Kier alpha value is 1.47. The van der Waals surface area contributed by atoms with Crippen molar-refractivity contribution in [3.05, 3.63) is 0 Å². The van der Waals surface area contributed by atoms with Crippen LogP contribution in [0.25, 0.3) is 0 Å². The monoisotopic (exact) mass is 196 g/mol. The number of hydrogen-bond acceptors (Lipinski definition) is 4. The van der Waals surface area contributed by atoms with Gasteiger partial charge in [0.05, 0.1) is 13.2 Å². The van der Waals surface area contributed by atoms with Crippen molar-refractivity contribution in [1.82, 2.24) is 0 Å². The summed E-state index contributed by atoms with van der Waals surface area (Å²) in [6, 6.07) is 0. The Morgan fingerprint density at radius 1 is 1.30 bits per heavy atom. The zero-order valence-electron chi connectivity index (χ0n) is 6.56. The molecule has 58 valence electrons. The van der Waals surface area contributed by atoms with Gasteiger partial charge in [0, 0.05) is 0 Å². The van der Waals surface area contributed by atoms with E-state index in [-0.39, 0.29) is 52.8 Å². The molecule has 0 heterocycles. The molecule has 0 unspecified atom stereocenters. The minimum Gasteiger partial charge on any atom is -1.00 e. The first-order valence-corrected chi connectivity index (χ1v) is 3.70. The minimum atomic E-state index is -4.27. The Bertz CT molecular complexity index is 165. The summed E-state index contributed by atoms with van der Waals surface area (Å²) >= 11 is 0. The maximum atomic E-state index is 10.0. The fraction of sp³-hybridized carbons (Fsp3) is 1.00. The van der Waals surface area contributed by atoms with Crippen LogP contribution in [0.3, 0.4) is 0 Å². The van der Waals surface area contributed by atoms with Gasteiger partial charge in [-0.15, -0.1) is 0 Å². The van der Waals surface area contributed by atoms with E-state index in [0.29, 0.717) is 0 Å². The predicted octanol–water partition coefficient (Wildman–Crippen LogP) is -4.66. The van der Waals surface area contributed by atoms with E-state index in [0.717, 1.165) is 0 Å². The summed E-state index contributed by atoms with van der Waals surface area (Å²) in [5.74, 6) is 0. The van der Waals surface area contributed by atoms with Gasteiger partial charge in [0.25, 0.3) is 10.1 Å². The average Bonchev–Trinajstić information content (AvgIpc) is 1.65. The van der Waals surface area contributed by atoms with Crippen LogP contribution >= 0.6 is 0 Å². The molecule has 10 heavy (non-hydrogen) atoms. The maximum Gasteiger partial charge on any atom is 1.00 e. The molecule has 0 amide bonds. The molecule has 0 saturated heterocycles. The molecule has 0 aliphatic carbocycles. The molecule has 0 aliphatic rings. The van der Waals surface area contributed by atoms with Gasteiger partial charge in [0.2, 0.25) is 0 Å². The molecule has 0 fully saturated rings. The fourth-order valence-electron chi connectivity index (χ4n) is 0.246. The van der Waals surface area contributed by atoms with Crippen molar-refractivity contribution in [1.29, 1.82) is 0 Å².